The predicted octanol–water partition coefficient (Wildman–Crippen LogP) is -0.608. The van der Waals surface area contributed by atoms with Crippen molar-refractivity contribution in [3.63, 3.8) is 0 Å². The molecule has 1 aromatic heterocycles. The molecular formula is C8H9NO7. The molecule has 1 rings (SSSR count). The van der Waals surface area contributed by atoms with Crippen molar-refractivity contribution in [1.82, 2.24) is 4.57 Å². The number of aromatic hydroxyl groups is 1. The fourth-order valence-electron chi connectivity index (χ4n) is 1.34. The number of hydrogen-bond donors (Lipinski definition) is 6. The summed E-state index contributed by atoms with van der Waals surface area (Å²) in [6.07, 6.45) is -1.61. The van der Waals surface area contributed by atoms with Crippen LogP contribution in [-0.4, -0.2) is 41.3 Å². The molecule has 0 unspecified atom stereocenters. The first kappa shape index (κ1) is 11.6. The van der Waals surface area contributed by atoms with Crippen LogP contribution in [0.2, 0.25) is 0 Å². The number of aliphatic hydroxyl groups excluding tert-OH is 2. The average molecular weight is 231 g/mol. The highest BCUT2D eigenvalue weighted by Crippen LogP contribution is 2.08. The van der Waals surface area contributed by atoms with Crippen LogP contribution in [-0.2, 0) is 0 Å². The third kappa shape index (κ3) is 1.45. The van der Waals surface area contributed by atoms with Gasteiger partial charge in [-0.25, -0.2) is 9.36 Å². The highest BCUT2D eigenvalue weighted by molar-refractivity contribution is 5.71. The zero-order valence-electron chi connectivity index (χ0n) is 8.04. The minimum absolute atomic E-state index is 0.279. The Labute approximate surface area is 87.9 Å². The summed E-state index contributed by atoms with van der Waals surface area (Å²) in [6, 6.07) is 0. The van der Waals surface area contributed by atoms with Gasteiger partial charge in [-0.05, 0) is 6.92 Å². The topological polar surface area (TPSA) is 143 Å². The van der Waals surface area contributed by atoms with Gasteiger partial charge in [0.25, 0.3) is 5.95 Å². The smallest absolute Gasteiger partial charge is 0.416 e. The van der Waals surface area contributed by atoms with Gasteiger partial charge in [0, 0.05) is 0 Å². The zero-order valence-corrected chi connectivity index (χ0v) is 8.04. The van der Waals surface area contributed by atoms with Crippen molar-refractivity contribution in [2.24, 2.45) is 0 Å². The van der Waals surface area contributed by atoms with Gasteiger partial charge in [0.2, 0.25) is 0 Å². The molecule has 16 heavy (non-hydrogen) atoms. The van der Waals surface area contributed by atoms with E-state index in [1.54, 1.807) is 0 Å². The van der Waals surface area contributed by atoms with Crippen LogP contribution in [0.25, 0.3) is 11.9 Å². The standard InChI is InChI=1S/C8H9NO7/c1-2-5(10)3(6(11)12)4(7(13)14)9(2)8(15)16/h10-14H,1H3,(H,15,16). The van der Waals surface area contributed by atoms with E-state index in [1.165, 1.54) is 0 Å². The van der Waals surface area contributed by atoms with Crippen molar-refractivity contribution in [2.45, 2.75) is 6.92 Å². The van der Waals surface area contributed by atoms with Crippen LogP contribution < -0.4 is 10.6 Å². The van der Waals surface area contributed by atoms with Gasteiger partial charge in [-0.1, -0.05) is 0 Å². The van der Waals surface area contributed by atoms with Gasteiger partial charge in [0.1, 0.15) is 5.22 Å². The van der Waals surface area contributed by atoms with E-state index in [4.69, 9.17) is 25.5 Å². The molecule has 0 bridgehead atoms. The maximum Gasteiger partial charge on any atom is 0.416 e. The fourth-order valence-corrected chi connectivity index (χ4v) is 1.34. The number of carboxylic acid groups (broad SMARTS) is 1. The highest BCUT2D eigenvalue weighted by atomic mass is 16.5. The van der Waals surface area contributed by atoms with E-state index < -0.39 is 34.3 Å². The SMILES string of the molecule is Cc1c(O)c(=C(O)O)c(=C(O)O)n1C(=O)O. The molecule has 0 saturated carbocycles. The van der Waals surface area contributed by atoms with Crippen molar-refractivity contribution < 1.29 is 35.4 Å². The van der Waals surface area contributed by atoms with Crippen molar-refractivity contribution >= 4 is 18.0 Å². The Morgan fingerprint density at radius 3 is 1.88 bits per heavy atom. The summed E-state index contributed by atoms with van der Waals surface area (Å²) in [4.78, 5) is 10.8. The van der Waals surface area contributed by atoms with Crippen molar-refractivity contribution in [2.75, 3.05) is 0 Å². The van der Waals surface area contributed by atoms with Gasteiger partial charge in [0.05, 0.1) is 5.69 Å². The fraction of sp³-hybridized carbons (Fsp3) is 0.125. The molecule has 1 heterocycles. The zero-order chi connectivity index (χ0) is 12.6. The number of aliphatic hydroxyl groups is 4. The predicted molar refractivity (Wildman–Crippen MR) is 50.8 cm³/mol. The quantitative estimate of drug-likeness (QED) is 0.349. The molecule has 0 spiro atoms. The average Bonchev–Trinajstić information content (AvgIpc) is 2.39. The molecule has 8 heteroatoms. The number of carbonyl (C=O) groups is 1. The number of aromatic nitrogens is 1. The monoisotopic (exact) mass is 231 g/mol. The first-order valence-electron chi connectivity index (χ1n) is 3.97. The van der Waals surface area contributed by atoms with Crippen LogP contribution in [0.15, 0.2) is 0 Å². The lowest BCUT2D eigenvalue weighted by Crippen LogP contribution is -2.36. The number of rotatable bonds is 0. The molecule has 0 aliphatic heterocycles. The first-order valence-corrected chi connectivity index (χ1v) is 3.97. The Hall–Kier alpha value is -2.51. The largest absolute Gasteiger partial charge is 0.505 e. The van der Waals surface area contributed by atoms with E-state index in [0.29, 0.717) is 4.57 Å². The van der Waals surface area contributed by atoms with Crippen molar-refractivity contribution in [3.8, 4) is 5.75 Å². The van der Waals surface area contributed by atoms with E-state index in [-0.39, 0.29) is 5.69 Å². The van der Waals surface area contributed by atoms with Crippen molar-refractivity contribution in [1.29, 1.82) is 0 Å². The third-order valence-corrected chi connectivity index (χ3v) is 2.00. The molecule has 0 amide bonds. The Balaban J connectivity index is 4.13. The Kier molecular flexibility index (Phi) is 2.58. The summed E-state index contributed by atoms with van der Waals surface area (Å²) in [5.41, 5.74) is -0.279. The molecule has 1 aromatic rings. The van der Waals surface area contributed by atoms with Crippen LogP contribution in [0.4, 0.5) is 4.79 Å². The Morgan fingerprint density at radius 2 is 1.56 bits per heavy atom. The second kappa shape index (κ2) is 3.57. The minimum Gasteiger partial charge on any atom is -0.505 e. The van der Waals surface area contributed by atoms with Gasteiger partial charge in [-0.2, -0.15) is 0 Å². The number of hydrogen-bond acceptors (Lipinski definition) is 6. The van der Waals surface area contributed by atoms with Gasteiger partial charge in [-0.15, -0.1) is 0 Å². The maximum atomic E-state index is 10.8. The highest BCUT2D eigenvalue weighted by Gasteiger charge is 2.20. The Morgan fingerprint density at radius 1 is 1.06 bits per heavy atom. The molecule has 0 atom stereocenters. The van der Waals surface area contributed by atoms with Crippen LogP contribution in [0.5, 0.6) is 5.75 Å². The lowest BCUT2D eigenvalue weighted by Gasteiger charge is -1.98. The van der Waals surface area contributed by atoms with Gasteiger partial charge in [0.15, 0.2) is 11.1 Å². The summed E-state index contributed by atoms with van der Waals surface area (Å²) >= 11 is 0. The van der Waals surface area contributed by atoms with Crippen LogP contribution in [0, 0.1) is 6.92 Å². The van der Waals surface area contributed by atoms with Crippen LogP contribution in [0.1, 0.15) is 5.69 Å². The molecule has 6 N–H and O–H groups in total. The van der Waals surface area contributed by atoms with E-state index in [0.717, 1.165) is 6.92 Å². The first-order chi connectivity index (χ1) is 7.29. The van der Waals surface area contributed by atoms with E-state index in [9.17, 15) is 9.90 Å². The molecule has 8 nitrogen and oxygen atoms in total. The molecule has 88 valence electrons. The van der Waals surface area contributed by atoms with Crippen LogP contribution in [0.3, 0.4) is 0 Å². The lowest BCUT2D eigenvalue weighted by molar-refractivity contribution is 0.193. The molecule has 0 fully saturated rings. The maximum absolute atomic E-state index is 10.8. The van der Waals surface area contributed by atoms with E-state index in [2.05, 4.69) is 0 Å². The third-order valence-electron chi connectivity index (χ3n) is 2.00. The molecule has 0 aromatic carbocycles. The van der Waals surface area contributed by atoms with Gasteiger partial charge < -0.3 is 30.6 Å². The number of nitrogens with zero attached hydrogens (tertiary/aromatic N) is 1. The summed E-state index contributed by atoms with van der Waals surface area (Å²) in [5, 5.41) is 52.0. The summed E-state index contributed by atoms with van der Waals surface area (Å²) in [5.74, 6) is -3.64. The minimum atomic E-state index is -1.61. The second-order valence-corrected chi connectivity index (χ2v) is 2.92. The summed E-state index contributed by atoms with van der Waals surface area (Å²) in [7, 11) is 0. The van der Waals surface area contributed by atoms with E-state index in [1.807, 2.05) is 0 Å². The Bertz CT molecular complexity index is 560. The van der Waals surface area contributed by atoms with E-state index >= 15 is 0 Å². The van der Waals surface area contributed by atoms with Gasteiger partial charge >= 0.3 is 12.0 Å². The molecule has 0 saturated heterocycles. The normalized spacial score (nSPS) is 10.1. The van der Waals surface area contributed by atoms with Crippen molar-refractivity contribution in [3.05, 3.63) is 16.3 Å². The molecule has 0 aliphatic carbocycles. The lowest BCUT2D eigenvalue weighted by atomic mass is 10.3. The molecule has 0 aliphatic rings. The molecule has 0 radical (unpaired) electrons. The summed E-state index contributed by atoms with van der Waals surface area (Å²) in [6.45, 7) is 1.16. The van der Waals surface area contributed by atoms with Crippen LogP contribution >= 0.6 is 0 Å². The summed E-state index contributed by atoms with van der Waals surface area (Å²) < 4.78 is 0.312. The van der Waals surface area contributed by atoms with Gasteiger partial charge in [-0.3, -0.25) is 0 Å². The second-order valence-electron chi connectivity index (χ2n) is 2.92. The molecular weight excluding hydrogens is 222 g/mol.